The number of nitrogens with zero attached hydrogens (tertiary/aromatic N) is 1. The van der Waals surface area contributed by atoms with Gasteiger partial charge >= 0.3 is 0 Å². The predicted octanol–water partition coefficient (Wildman–Crippen LogP) is 0.313. The van der Waals surface area contributed by atoms with E-state index in [1.807, 2.05) is 0 Å². The maximum Gasteiger partial charge on any atom is 0.277 e. The third-order valence-electron chi connectivity index (χ3n) is 1.94. The van der Waals surface area contributed by atoms with Gasteiger partial charge in [0.1, 0.15) is 5.56 Å². The summed E-state index contributed by atoms with van der Waals surface area (Å²) in [6.07, 6.45) is 3.85. The molecular formula is C8H8N2O2. The number of rotatable bonds is 0. The van der Waals surface area contributed by atoms with E-state index in [2.05, 4.69) is 5.10 Å². The first kappa shape index (κ1) is 7.09. The molecule has 1 aliphatic rings. The first-order valence-corrected chi connectivity index (χ1v) is 3.69. The Morgan fingerprint density at radius 2 is 2.25 bits per heavy atom. The van der Waals surface area contributed by atoms with E-state index >= 15 is 0 Å². The summed E-state index contributed by atoms with van der Waals surface area (Å²) in [5.74, 6) is -0.102. The number of carbonyl (C=O) groups excluding carboxylic acids is 1. The number of fused-ring (bicyclic) bond motifs is 1. The summed E-state index contributed by atoms with van der Waals surface area (Å²) >= 11 is 0. The van der Waals surface area contributed by atoms with Crippen LogP contribution in [0.4, 0.5) is 0 Å². The highest BCUT2D eigenvalue weighted by Crippen LogP contribution is 2.12. The molecule has 12 heavy (non-hydrogen) atoms. The van der Waals surface area contributed by atoms with Gasteiger partial charge in [0.25, 0.3) is 5.56 Å². The molecule has 0 fully saturated rings. The van der Waals surface area contributed by atoms with Gasteiger partial charge in [0.2, 0.25) is 0 Å². The molecule has 2 rings (SSSR count). The van der Waals surface area contributed by atoms with Gasteiger partial charge < -0.3 is 0 Å². The Kier molecular flexibility index (Phi) is 1.30. The van der Waals surface area contributed by atoms with Gasteiger partial charge in [0.15, 0.2) is 5.78 Å². The van der Waals surface area contributed by atoms with Crippen LogP contribution in [0.5, 0.6) is 0 Å². The lowest BCUT2D eigenvalue weighted by molar-refractivity contribution is 0.0993. The van der Waals surface area contributed by atoms with Crippen LogP contribution in [-0.2, 0) is 7.05 Å². The Balaban J connectivity index is 2.79. The Labute approximate surface area is 68.5 Å². The quantitative estimate of drug-likeness (QED) is 0.600. The number of carbonyl (C=O) groups is 1. The Hall–Kier alpha value is -1.58. The molecule has 0 aromatic carbocycles. The first-order valence-electron chi connectivity index (χ1n) is 3.69. The molecule has 1 aromatic heterocycles. The molecule has 62 valence electrons. The molecule has 0 bridgehead atoms. The van der Waals surface area contributed by atoms with Gasteiger partial charge in [-0.05, 0) is 6.08 Å². The highest BCUT2D eigenvalue weighted by atomic mass is 16.2. The second-order valence-electron chi connectivity index (χ2n) is 2.79. The van der Waals surface area contributed by atoms with Crippen LogP contribution in [0, 0.1) is 0 Å². The Morgan fingerprint density at radius 3 is 2.92 bits per heavy atom. The minimum absolute atomic E-state index is 0.102. The van der Waals surface area contributed by atoms with E-state index in [-0.39, 0.29) is 11.3 Å². The SMILES string of the molecule is Cn1[nH]c2c(c1=O)C(=O)CC=C2. The molecule has 0 spiro atoms. The van der Waals surface area contributed by atoms with E-state index in [1.165, 1.54) is 4.68 Å². The standard InChI is InChI=1S/C8H8N2O2/c1-10-8(12)7-5(9-10)3-2-4-6(7)11/h2-3,9H,4H2,1H3. The van der Waals surface area contributed by atoms with Crippen molar-refractivity contribution in [3.05, 3.63) is 27.7 Å². The third kappa shape index (κ3) is 0.777. The van der Waals surface area contributed by atoms with Gasteiger partial charge in [-0.2, -0.15) is 0 Å². The molecular weight excluding hydrogens is 156 g/mol. The molecule has 0 saturated carbocycles. The minimum Gasteiger partial charge on any atom is -0.295 e. The second kappa shape index (κ2) is 2.20. The van der Waals surface area contributed by atoms with Crippen LogP contribution in [0.1, 0.15) is 22.5 Å². The Bertz CT molecular complexity index is 423. The van der Waals surface area contributed by atoms with Crippen molar-refractivity contribution in [3.8, 4) is 0 Å². The monoisotopic (exact) mass is 164 g/mol. The first-order chi connectivity index (χ1) is 5.70. The molecule has 0 atom stereocenters. The van der Waals surface area contributed by atoms with Gasteiger partial charge in [0.05, 0.1) is 5.69 Å². The highest BCUT2D eigenvalue weighted by molar-refractivity contribution is 6.01. The molecule has 4 heteroatoms. The van der Waals surface area contributed by atoms with Crippen LogP contribution < -0.4 is 5.56 Å². The largest absolute Gasteiger partial charge is 0.295 e. The molecule has 1 heterocycles. The van der Waals surface area contributed by atoms with Gasteiger partial charge in [-0.1, -0.05) is 6.08 Å². The molecule has 4 nitrogen and oxygen atoms in total. The van der Waals surface area contributed by atoms with Crippen molar-refractivity contribution in [2.45, 2.75) is 6.42 Å². The lowest BCUT2D eigenvalue weighted by atomic mass is 10.0. The molecule has 1 aromatic rings. The number of allylic oxidation sites excluding steroid dienone is 1. The number of aromatic nitrogens is 2. The fourth-order valence-electron chi connectivity index (χ4n) is 1.35. The maximum absolute atomic E-state index is 11.3. The lowest BCUT2D eigenvalue weighted by Gasteiger charge is -1.99. The third-order valence-corrected chi connectivity index (χ3v) is 1.94. The number of nitrogens with one attached hydrogen (secondary N) is 1. The van der Waals surface area contributed by atoms with Gasteiger partial charge in [-0.15, -0.1) is 0 Å². The molecule has 0 saturated heterocycles. The van der Waals surface area contributed by atoms with E-state index in [4.69, 9.17) is 0 Å². The Morgan fingerprint density at radius 1 is 1.50 bits per heavy atom. The zero-order chi connectivity index (χ0) is 8.72. The van der Waals surface area contributed by atoms with E-state index < -0.39 is 0 Å². The molecule has 1 N–H and O–H groups in total. The minimum atomic E-state index is -0.237. The van der Waals surface area contributed by atoms with Gasteiger partial charge in [0, 0.05) is 13.5 Å². The topological polar surface area (TPSA) is 54.9 Å². The number of Topliss-reactive ketones (excluding diaryl/α,β-unsaturated/α-hetero) is 1. The van der Waals surface area contributed by atoms with Crippen LogP contribution in [0.25, 0.3) is 6.08 Å². The van der Waals surface area contributed by atoms with Crippen LogP contribution in [0.3, 0.4) is 0 Å². The predicted molar refractivity (Wildman–Crippen MR) is 44.0 cm³/mol. The van der Waals surface area contributed by atoms with Crippen molar-refractivity contribution in [1.82, 2.24) is 9.78 Å². The summed E-state index contributed by atoms with van der Waals surface area (Å²) in [6.45, 7) is 0. The lowest BCUT2D eigenvalue weighted by Crippen LogP contribution is -2.19. The number of hydrogen-bond acceptors (Lipinski definition) is 2. The molecule has 0 amide bonds. The van der Waals surface area contributed by atoms with Crippen molar-refractivity contribution >= 4 is 11.9 Å². The summed E-state index contributed by atoms with van der Waals surface area (Å²) in [7, 11) is 1.60. The van der Waals surface area contributed by atoms with Gasteiger partial charge in [-0.25, -0.2) is 0 Å². The van der Waals surface area contributed by atoms with Crippen LogP contribution in [-0.4, -0.2) is 15.6 Å². The van der Waals surface area contributed by atoms with E-state index in [1.54, 1.807) is 19.2 Å². The van der Waals surface area contributed by atoms with Crippen molar-refractivity contribution in [2.24, 2.45) is 7.05 Å². The normalized spacial score (nSPS) is 14.9. The van der Waals surface area contributed by atoms with E-state index in [0.717, 1.165) is 0 Å². The summed E-state index contributed by atoms with van der Waals surface area (Å²) < 4.78 is 1.32. The van der Waals surface area contributed by atoms with E-state index in [0.29, 0.717) is 17.7 Å². The smallest absolute Gasteiger partial charge is 0.277 e. The molecule has 0 aliphatic heterocycles. The highest BCUT2D eigenvalue weighted by Gasteiger charge is 2.19. The second-order valence-corrected chi connectivity index (χ2v) is 2.79. The number of ketones is 1. The summed E-state index contributed by atoms with van der Waals surface area (Å²) in [5, 5.41) is 2.79. The number of H-pyrrole nitrogens is 1. The zero-order valence-corrected chi connectivity index (χ0v) is 6.63. The van der Waals surface area contributed by atoms with Crippen molar-refractivity contribution < 1.29 is 4.79 Å². The van der Waals surface area contributed by atoms with Crippen LogP contribution >= 0.6 is 0 Å². The van der Waals surface area contributed by atoms with Crippen molar-refractivity contribution in [1.29, 1.82) is 0 Å². The fraction of sp³-hybridized carbons (Fsp3) is 0.250. The van der Waals surface area contributed by atoms with Gasteiger partial charge in [-0.3, -0.25) is 19.4 Å². The average Bonchev–Trinajstić information content (AvgIpc) is 2.29. The van der Waals surface area contributed by atoms with Crippen LogP contribution in [0.15, 0.2) is 10.9 Å². The molecule has 0 unspecified atom stereocenters. The van der Waals surface area contributed by atoms with Crippen molar-refractivity contribution in [2.75, 3.05) is 0 Å². The molecule has 1 aliphatic carbocycles. The number of hydrogen-bond donors (Lipinski definition) is 1. The fourth-order valence-corrected chi connectivity index (χ4v) is 1.35. The summed E-state index contributed by atoms with van der Waals surface area (Å²) in [4.78, 5) is 22.5. The summed E-state index contributed by atoms with van der Waals surface area (Å²) in [5.41, 5.74) is 0.679. The molecule has 0 radical (unpaired) electrons. The zero-order valence-electron chi connectivity index (χ0n) is 6.63. The van der Waals surface area contributed by atoms with Crippen LogP contribution in [0.2, 0.25) is 0 Å². The maximum atomic E-state index is 11.3. The number of aromatic amines is 1. The number of aryl methyl sites for hydroxylation is 1. The van der Waals surface area contributed by atoms with E-state index in [9.17, 15) is 9.59 Å². The average molecular weight is 164 g/mol. The summed E-state index contributed by atoms with van der Waals surface area (Å²) in [6, 6.07) is 0. The van der Waals surface area contributed by atoms with Crippen molar-refractivity contribution in [3.63, 3.8) is 0 Å².